The zero-order chi connectivity index (χ0) is 13.8. The predicted octanol–water partition coefficient (Wildman–Crippen LogP) is 2.52. The Morgan fingerprint density at radius 3 is 2.68 bits per heavy atom. The van der Waals surface area contributed by atoms with E-state index in [1.54, 1.807) is 13.2 Å². The maximum atomic E-state index is 11.8. The molecule has 5 nitrogen and oxygen atoms in total. The van der Waals surface area contributed by atoms with E-state index in [2.05, 4.69) is 10.3 Å². The molecule has 0 bridgehead atoms. The van der Waals surface area contributed by atoms with Gasteiger partial charge < -0.3 is 4.84 Å². The monoisotopic (exact) mass is 369 g/mol. The molecule has 0 saturated carbocycles. The summed E-state index contributed by atoms with van der Waals surface area (Å²) in [6.45, 7) is 2.01. The Morgan fingerprint density at radius 1 is 1.42 bits per heavy atom. The fraction of sp³-hybridized carbons (Fsp3) is 0.154. The summed E-state index contributed by atoms with van der Waals surface area (Å²) < 4.78 is 2.20. The summed E-state index contributed by atoms with van der Waals surface area (Å²) in [5.41, 5.74) is 2.43. The summed E-state index contributed by atoms with van der Waals surface area (Å²) in [6, 6.07) is 7.74. The molecule has 0 amide bonds. The molecular weight excluding hydrogens is 357 g/mol. The van der Waals surface area contributed by atoms with E-state index in [1.165, 1.54) is 16.5 Å². The van der Waals surface area contributed by atoms with Crippen LogP contribution in [0.2, 0.25) is 0 Å². The van der Waals surface area contributed by atoms with Crippen molar-refractivity contribution in [2.45, 2.75) is 6.92 Å². The van der Waals surface area contributed by atoms with E-state index in [9.17, 15) is 4.79 Å². The van der Waals surface area contributed by atoms with Crippen molar-refractivity contribution in [3.63, 3.8) is 0 Å². The van der Waals surface area contributed by atoms with Crippen molar-refractivity contribution in [2.24, 2.45) is 12.2 Å². The highest BCUT2D eigenvalue weighted by atomic mass is 127. The van der Waals surface area contributed by atoms with Crippen LogP contribution in [0.3, 0.4) is 0 Å². The first-order valence-electron chi connectivity index (χ1n) is 5.57. The number of halogens is 1. The third-order valence-corrected chi connectivity index (χ3v) is 3.29. The van der Waals surface area contributed by atoms with Gasteiger partial charge in [0.25, 0.3) is 0 Å². The second-order valence-corrected chi connectivity index (χ2v) is 5.15. The van der Waals surface area contributed by atoms with Gasteiger partial charge in [-0.25, -0.2) is 4.79 Å². The lowest BCUT2D eigenvalue weighted by atomic mass is 10.2. The Labute approximate surface area is 124 Å². The van der Waals surface area contributed by atoms with Crippen molar-refractivity contribution in [1.82, 2.24) is 9.78 Å². The molecule has 0 unspecified atom stereocenters. The van der Waals surface area contributed by atoms with E-state index in [4.69, 9.17) is 4.84 Å². The zero-order valence-corrected chi connectivity index (χ0v) is 12.7. The first-order valence-corrected chi connectivity index (χ1v) is 6.64. The van der Waals surface area contributed by atoms with Crippen LogP contribution in [0, 0.1) is 10.5 Å². The molecule has 0 aliphatic rings. The molecule has 19 heavy (non-hydrogen) atoms. The van der Waals surface area contributed by atoms with Crippen LogP contribution in [0.15, 0.2) is 35.6 Å². The van der Waals surface area contributed by atoms with Crippen LogP contribution in [0.25, 0.3) is 0 Å². The molecule has 1 heterocycles. The lowest BCUT2D eigenvalue weighted by Crippen LogP contribution is -2.09. The highest BCUT2D eigenvalue weighted by Gasteiger charge is 2.16. The van der Waals surface area contributed by atoms with Gasteiger partial charge in [-0.2, -0.15) is 5.10 Å². The van der Waals surface area contributed by atoms with E-state index in [-0.39, 0.29) is 0 Å². The second-order valence-electron chi connectivity index (χ2n) is 3.99. The van der Waals surface area contributed by atoms with Gasteiger partial charge in [-0.3, -0.25) is 4.68 Å². The van der Waals surface area contributed by atoms with Gasteiger partial charge in [-0.1, -0.05) is 35.0 Å². The molecule has 1 aromatic heterocycles. The minimum atomic E-state index is -0.521. The lowest BCUT2D eigenvalue weighted by molar-refractivity contribution is 0.0505. The first-order chi connectivity index (χ1) is 9.08. The molecule has 2 rings (SSSR count). The number of hydrogen-bond acceptors (Lipinski definition) is 4. The molecule has 0 aliphatic carbocycles. The van der Waals surface area contributed by atoms with E-state index in [0.29, 0.717) is 5.69 Å². The van der Waals surface area contributed by atoms with Gasteiger partial charge in [-0.05, 0) is 35.1 Å². The third-order valence-electron chi connectivity index (χ3n) is 2.50. The number of carbonyl (C=O) groups is 1. The molecule has 0 atom stereocenters. The van der Waals surface area contributed by atoms with Crippen molar-refractivity contribution in [3.8, 4) is 0 Å². The summed E-state index contributed by atoms with van der Waals surface area (Å²) in [5.74, 6) is -0.521. The summed E-state index contributed by atoms with van der Waals surface area (Å²) in [6.07, 6.45) is 3.10. The van der Waals surface area contributed by atoms with Crippen LogP contribution in [-0.4, -0.2) is 22.0 Å². The number of nitrogens with zero attached hydrogens (tertiary/aromatic N) is 3. The van der Waals surface area contributed by atoms with E-state index < -0.39 is 5.97 Å². The number of aromatic nitrogens is 2. The van der Waals surface area contributed by atoms with Gasteiger partial charge >= 0.3 is 5.97 Å². The minimum Gasteiger partial charge on any atom is -0.311 e. The molecule has 1 aromatic carbocycles. The molecule has 0 fully saturated rings. The average Bonchev–Trinajstić information content (AvgIpc) is 2.71. The highest BCUT2D eigenvalue weighted by Crippen LogP contribution is 2.11. The fourth-order valence-corrected chi connectivity index (χ4v) is 2.17. The lowest BCUT2D eigenvalue weighted by Gasteiger charge is -1.99. The van der Waals surface area contributed by atoms with Crippen LogP contribution in [0.4, 0.5) is 0 Å². The van der Waals surface area contributed by atoms with Gasteiger partial charge in [0.1, 0.15) is 0 Å². The molecule has 0 radical (unpaired) electrons. The van der Waals surface area contributed by atoms with E-state index in [1.807, 2.05) is 53.8 Å². The Morgan fingerprint density at radius 2 is 2.11 bits per heavy atom. The highest BCUT2D eigenvalue weighted by molar-refractivity contribution is 14.1. The smallest absolute Gasteiger partial charge is 0.311 e. The number of oxime groups is 1. The van der Waals surface area contributed by atoms with Crippen molar-refractivity contribution in [1.29, 1.82) is 0 Å². The number of rotatable bonds is 3. The van der Waals surface area contributed by atoms with Crippen LogP contribution >= 0.6 is 22.6 Å². The SMILES string of the molecule is Cc1ccc(C=NOC(=O)c2c(I)cnn2C)cc1. The normalized spacial score (nSPS) is 10.9. The fourth-order valence-electron chi connectivity index (χ4n) is 1.47. The maximum Gasteiger partial charge on any atom is 0.384 e. The minimum absolute atomic E-state index is 0.390. The number of aryl methyl sites for hydroxylation is 2. The van der Waals surface area contributed by atoms with Crippen molar-refractivity contribution >= 4 is 34.8 Å². The van der Waals surface area contributed by atoms with Crippen molar-refractivity contribution < 1.29 is 9.63 Å². The van der Waals surface area contributed by atoms with Crippen LogP contribution < -0.4 is 0 Å². The molecule has 6 heteroatoms. The summed E-state index contributed by atoms with van der Waals surface area (Å²) in [7, 11) is 1.68. The van der Waals surface area contributed by atoms with Gasteiger partial charge in [0.15, 0.2) is 5.69 Å². The molecule has 0 N–H and O–H groups in total. The van der Waals surface area contributed by atoms with Crippen LogP contribution in [0.5, 0.6) is 0 Å². The number of carbonyl (C=O) groups excluding carboxylic acids is 1. The Balaban J connectivity index is 2.03. The van der Waals surface area contributed by atoms with Crippen LogP contribution in [-0.2, 0) is 11.9 Å². The topological polar surface area (TPSA) is 56.5 Å². The maximum absolute atomic E-state index is 11.8. The zero-order valence-electron chi connectivity index (χ0n) is 10.5. The molecule has 2 aromatic rings. The van der Waals surface area contributed by atoms with E-state index >= 15 is 0 Å². The first kappa shape index (κ1) is 13.7. The molecule has 0 saturated heterocycles. The summed E-state index contributed by atoms with van der Waals surface area (Å²) in [4.78, 5) is 16.6. The van der Waals surface area contributed by atoms with E-state index in [0.717, 1.165) is 9.13 Å². The van der Waals surface area contributed by atoms with Crippen LogP contribution in [0.1, 0.15) is 21.6 Å². The Hall–Kier alpha value is -1.70. The largest absolute Gasteiger partial charge is 0.384 e. The third kappa shape index (κ3) is 3.40. The second kappa shape index (κ2) is 5.96. The summed E-state index contributed by atoms with van der Waals surface area (Å²) >= 11 is 2.03. The molecule has 0 aliphatic heterocycles. The summed E-state index contributed by atoms with van der Waals surface area (Å²) in [5, 5.41) is 7.66. The average molecular weight is 369 g/mol. The van der Waals surface area contributed by atoms with Gasteiger partial charge in [0.05, 0.1) is 16.0 Å². The Kier molecular flexibility index (Phi) is 4.31. The molecule has 0 spiro atoms. The standard InChI is InChI=1S/C13H12IN3O2/c1-9-3-5-10(6-4-9)7-16-19-13(18)12-11(14)8-15-17(12)2/h3-8H,1-2H3. The van der Waals surface area contributed by atoms with Gasteiger partial charge in [0.2, 0.25) is 0 Å². The molecule has 98 valence electrons. The predicted molar refractivity (Wildman–Crippen MR) is 80.1 cm³/mol. The van der Waals surface area contributed by atoms with Gasteiger partial charge in [-0.15, -0.1) is 0 Å². The molecular formula is C13H12IN3O2. The Bertz CT molecular complexity index is 598. The number of benzene rings is 1. The van der Waals surface area contributed by atoms with Crippen molar-refractivity contribution in [2.75, 3.05) is 0 Å². The van der Waals surface area contributed by atoms with Crippen molar-refractivity contribution in [3.05, 3.63) is 50.9 Å². The number of hydrogen-bond donors (Lipinski definition) is 0. The quantitative estimate of drug-likeness (QED) is 0.362. The van der Waals surface area contributed by atoms with Gasteiger partial charge in [0, 0.05) is 7.05 Å².